The molecule has 0 unspecified atom stereocenters. The highest BCUT2D eigenvalue weighted by Crippen LogP contribution is 2.38. The van der Waals surface area contributed by atoms with Crippen LogP contribution in [0.25, 0.3) is 20.2 Å². The third-order valence-corrected chi connectivity index (χ3v) is 13.6. The second-order valence-electron chi connectivity index (χ2n) is 14.0. The number of benzene rings is 1. The van der Waals surface area contributed by atoms with Crippen LogP contribution >= 0.6 is 45.3 Å². The van der Waals surface area contributed by atoms with E-state index in [0.717, 1.165) is 12.8 Å². The van der Waals surface area contributed by atoms with Crippen molar-refractivity contribution in [2.75, 3.05) is 0 Å². The van der Waals surface area contributed by atoms with Gasteiger partial charge in [-0.3, -0.25) is 0 Å². The molecule has 0 bridgehead atoms. The number of unbranched alkanes of at least 4 members (excludes halogenated alkanes) is 18. The second kappa shape index (κ2) is 22.6. The van der Waals surface area contributed by atoms with Crippen LogP contribution in [-0.4, -0.2) is 0 Å². The minimum absolute atomic E-state index is 1.14. The Hall–Kier alpha value is -2.34. The van der Waals surface area contributed by atoms with Crippen molar-refractivity contribution in [3.05, 3.63) is 77.8 Å². The Bertz CT molecular complexity index is 1640. The van der Waals surface area contributed by atoms with Crippen LogP contribution in [0, 0.1) is 23.7 Å². The van der Waals surface area contributed by atoms with Gasteiger partial charge in [0.15, 0.2) is 0 Å². The van der Waals surface area contributed by atoms with Crippen LogP contribution in [-0.2, 0) is 12.8 Å². The molecule has 0 amide bonds. The number of fused-ring (bicyclic) bond motifs is 2. The van der Waals surface area contributed by atoms with Crippen LogP contribution in [0.1, 0.15) is 174 Å². The number of aryl methyl sites for hydroxylation is 2. The minimum Gasteiger partial charge on any atom is -0.142 e. The minimum atomic E-state index is 1.14. The summed E-state index contributed by atoms with van der Waals surface area (Å²) in [6.45, 7) is 4.59. The Labute approximate surface area is 320 Å². The molecule has 1 aromatic carbocycles. The molecular formula is C46H58S4. The van der Waals surface area contributed by atoms with Crippen LogP contribution < -0.4 is 0 Å². The molecule has 50 heavy (non-hydrogen) atoms. The van der Waals surface area contributed by atoms with Gasteiger partial charge in [-0.15, -0.1) is 45.3 Å². The van der Waals surface area contributed by atoms with Crippen molar-refractivity contribution in [1.29, 1.82) is 0 Å². The topological polar surface area (TPSA) is 0 Å². The fourth-order valence-electron chi connectivity index (χ4n) is 7.02. The summed E-state index contributed by atoms with van der Waals surface area (Å²) in [5.41, 5.74) is 5.21. The zero-order valence-electron chi connectivity index (χ0n) is 30.8. The maximum Gasteiger partial charge on any atom is 0.0804 e. The highest BCUT2D eigenvalue weighted by Gasteiger charge is 2.15. The summed E-state index contributed by atoms with van der Waals surface area (Å²) < 4.78 is 2.55. The van der Waals surface area contributed by atoms with Crippen LogP contribution in [0.2, 0.25) is 0 Å². The van der Waals surface area contributed by atoms with Gasteiger partial charge in [0.1, 0.15) is 0 Å². The van der Waals surface area contributed by atoms with Gasteiger partial charge in [-0.25, -0.2) is 0 Å². The van der Waals surface area contributed by atoms with E-state index >= 15 is 0 Å². The van der Waals surface area contributed by atoms with E-state index in [9.17, 15) is 0 Å². The molecule has 0 aliphatic heterocycles. The lowest BCUT2D eigenvalue weighted by Crippen LogP contribution is -1.88. The number of rotatable bonds is 22. The maximum atomic E-state index is 3.67. The lowest BCUT2D eigenvalue weighted by molar-refractivity contribution is 0.556. The van der Waals surface area contributed by atoms with Gasteiger partial charge >= 0.3 is 0 Å². The zero-order chi connectivity index (χ0) is 34.6. The van der Waals surface area contributed by atoms with Gasteiger partial charge in [0.05, 0.1) is 30.3 Å². The summed E-state index contributed by atoms with van der Waals surface area (Å²) in [5, 5.41) is 11.4. The fraction of sp³-hybridized carbons (Fsp3) is 0.522. The van der Waals surface area contributed by atoms with Crippen molar-refractivity contribution in [2.45, 2.75) is 155 Å². The van der Waals surface area contributed by atoms with E-state index < -0.39 is 0 Å². The first kappa shape index (κ1) is 38.9. The summed E-state index contributed by atoms with van der Waals surface area (Å²) >= 11 is 7.21. The molecule has 266 valence electrons. The Morgan fingerprint density at radius 1 is 0.380 bits per heavy atom. The molecule has 0 spiro atoms. The van der Waals surface area contributed by atoms with Crippen LogP contribution in [0.4, 0.5) is 0 Å². The molecule has 4 heteroatoms. The smallest absolute Gasteiger partial charge is 0.0804 e. The Balaban J connectivity index is 1.18. The summed E-state index contributed by atoms with van der Waals surface area (Å²) in [7, 11) is 0. The molecule has 0 saturated heterocycles. The lowest BCUT2D eigenvalue weighted by atomic mass is 10.0. The van der Waals surface area contributed by atoms with Crippen molar-refractivity contribution >= 4 is 65.5 Å². The van der Waals surface area contributed by atoms with Gasteiger partial charge < -0.3 is 0 Å². The fourth-order valence-corrected chi connectivity index (χ4v) is 10.5. The standard InChI is InChI=1S/C46H58S4/c1-3-5-7-9-11-13-15-17-19-21-23-37-29-33-47-43(37)27-25-39-41-31-35-50-46(41)40(42-32-36-49-45(39)42)26-28-44-38(30-34-48-44)24-22-20-18-16-14-12-10-8-6-4-2/h29-36H,3-24H2,1-2H3. The summed E-state index contributed by atoms with van der Waals surface area (Å²) in [6.07, 6.45) is 29.8. The Kier molecular flexibility index (Phi) is 17.5. The SMILES string of the molecule is CCCCCCCCCCCCc1ccsc1C#Cc1c2ccsc2c(C#Cc2sccc2CCCCCCCCCCCC)c2ccsc12. The highest BCUT2D eigenvalue weighted by molar-refractivity contribution is 7.19. The highest BCUT2D eigenvalue weighted by atomic mass is 32.1. The van der Waals surface area contributed by atoms with Gasteiger partial charge in [-0.1, -0.05) is 153 Å². The third kappa shape index (κ3) is 11.9. The zero-order valence-corrected chi connectivity index (χ0v) is 34.1. The predicted molar refractivity (Wildman–Crippen MR) is 229 cm³/mol. The molecule has 0 atom stereocenters. The molecule has 0 nitrogen and oxygen atoms in total. The van der Waals surface area contributed by atoms with Gasteiger partial charge in [-0.05, 0) is 82.6 Å². The van der Waals surface area contributed by atoms with E-state index in [-0.39, 0.29) is 0 Å². The Morgan fingerprint density at radius 3 is 1.10 bits per heavy atom. The molecule has 5 rings (SSSR count). The first-order valence-electron chi connectivity index (χ1n) is 19.9. The van der Waals surface area contributed by atoms with E-state index in [4.69, 9.17) is 0 Å². The van der Waals surface area contributed by atoms with E-state index in [1.165, 1.54) is 181 Å². The van der Waals surface area contributed by atoms with Crippen molar-refractivity contribution < 1.29 is 0 Å². The molecule has 0 aliphatic rings. The average Bonchev–Trinajstić information content (AvgIpc) is 3.96. The predicted octanol–water partition coefficient (Wildman–Crippen LogP) is 16.0. The monoisotopic (exact) mass is 738 g/mol. The van der Waals surface area contributed by atoms with Crippen molar-refractivity contribution in [3.8, 4) is 23.7 Å². The average molecular weight is 739 g/mol. The van der Waals surface area contributed by atoms with Crippen LogP contribution in [0.15, 0.2) is 45.8 Å². The number of hydrogen-bond acceptors (Lipinski definition) is 4. The molecule has 4 aromatic heterocycles. The van der Waals surface area contributed by atoms with Gasteiger partial charge in [0.25, 0.3) is 0 Å². The van der Waals surface area contributed by atoms with E-state index in [2.05, 4.69) is 83.3 Å². The largest absolute Gasteiger partial charge is 0.142 e. The lowest BCUT2D eigenvalue weighted by Gasteiger charge is -2.04. The second-order valence-corrected chi connectivity index (χ2v) is 17.7. The van der Waals surface area contributed by atoms with Crippen LogP contribution in [0.5, 0.6) is 0 Å². The first-order valence-corrected chi connectivity index (χ1v) is 23.4. The summed E-state index contributed by atoms with van der Waals surface area (Å²) in [4.78, 5) is 2.48. The summed E-state index contributed by atoms with van der Waals surface area (Å²) in [6, 6.07) is 9.12. The number of hydrogen-bond donors (Lipinski definition) is 0. The molecule has 0 saturated carbocycles. The molecule has 0 N–H and O–H groups in total. The van der Waals surface area contributed by atoms with E-state index in [0.29, 0.717) is 0 Å². The van der Waals surface area contributed by atoms with Crippen molar-refractivity contribution in [3.63, 3.8) is 0 Å². The molecule has 0 aliphatic carbocycles. The molecule has 0 radical (unpaired) electrons. The van der Waals surface area contributed by atoms with E-state index in [1.54, 1.807) is 45.3 Å². The first-order chi connectivity index (χ1) is 24.8. The molecule has 4 heterocycles. The number of thiophene rings is 4. The molecular weight excluding hydrogens is 681 g/mol. The van der Waals surface area contributed by atoms with Crippen molar-refractivity contribution in [2.24, 2.45) is 0 Å². The van der Waals surface area contributed by atoms with Gasteiger partial charge in [0.2, 0.25) is 0 Å². The molecule has 5 aromatic rings. The Morgan fingerprint density at radius 2 is 0.720 bits per heavy atom. The third-order valence-electron chi connectivity index (χ3n) is 10.0. The summed E-state index contributed by atoms with van der Waals surface area (Å²) in [5.74, 6) is 14.6. The van der Waals surface area contributed by atoms with Gasteiger partial charge in [0, 0.05) is 10.8 Å². The maximum absolute atomic E-state index is 3.67. The quantitative estimate of drug-likeness (QED) is 0.0490. The van der Waals surface area contributed by atoms with Crippen LogP contribution in [0.3, 0.4) is 0 Å². The molecule has 0 fully saturated rings. The normalized spacial score (nSPS) is 11.2. The van der Waals surface area contributed by atoms with Gasteiger partial charge in [-0.2, -0.15) is 0 Å². The van der Waals surface area contributed by atoms with E-state index in [1.807, 2.05) is 0 Å². The van der Waals surface area contributed by atoms with Crippen molar-refractivity contribution in [1.82, 2.24) is 0 Å².